The van der Waals surface area contributed by atoms with Gasteiger partial charge in [-0.1, -0.05) is 30.3 Å². The van der Waals surface area contributed by atoms with Gasteiger partial charge in [0.2, 0.25) is 5.91 Å². The average Bonchev–Trinajstić information content (AvgIpc) is 2.26. The van der Waals surface area contributed by atoms with Crippen molar-refractivity contribution in [2.75, 3.05) is 7.05 Å². The molecule has 1 aliphatic carbocycles. The molecule has 1 fully saturated rings. The number of amides is 1. The third-order valence-corrected chi connectivity index (χ3v) is 3.39. The van der Waals surface area contributed by atoms with Crippen LogP contribution in [0.15, 0.2) is 30.3 Å². The lowest BCUT2D eigenvalue weighted by Crippen LogP contribution is -2.45. The fourth-order valence-corrected chi connectivity index (χ4v) is 1.98. The summed E-state index contributed by atoms with van der Waals surface area (Å²) < 4.78 is 0. The van der Waals surface area contributed by atoms with Crippen LogP contribution in [0.1, 0.15) is 30.9 Å². The van der Waals surface area contributed by atoms with Gasteiger partial charge in [0.25, 0.3) is 0 Å². The molecule has 3 nitrogen and oxygen atoms in total. The molecule has 1 amide bonds. The Balaban J connectivity index is 2.04. The van der Waals surface area contributed by atoms with E-state index in [0.717, 1.165) is 18.4 Å². The number of hydrogen-bond acceptors (Lipinski definition) is 2. The van der Waals surface area contributed by atoms with Gasteiger partial charge in [-0.3, -0.25) is 4.79 Å². The summed E-state index contributed by atoms with van der Waals surface area (Å²) in [5.41, 5.74) is 6.85. The van der Waals surface area contributed by atoms with Gasteiger partial charge in [0.1, 0.15) is 6.04 Å². The molecule has 1 aromatic carbocycles. The molecule has 0 aromatic heterocycles. The Labute approximate surface area is 96.2 Å². The topological polar surface area (TPSA) is 46.3 Å². The van der Waals surface area contributed by atoms with Gasteiger partial charge in [0.05, 0.1) is 0 Å². The predicted molar refractivity (Wildman–Crippen MR) is 63.8 cm³/mol. The zero-order valence-corrected chi connectivity index (χ0v) is 9.60. The Morgan fingerprint density at radius 3 is 2.50 bits per heavy atom. The molecule has 0 saturated heterocycles. The number of nitrogens with zero attached hydrogens (tertiary/aromatic N) is 1. The van der Waals surface area contributed by atoms with Gasteiger partial charge in [-0.05, 0) is 24.8 Å². The van der Waals surface area contributed by atoms with Crippen LogP contribution in [-0.2, 0) is 4.79 Å². The third-order valence-electron chi connectivity index (χ3n) is 3.39. The first-order valence-corrected chi connectivity index (χ1v) is 5.77. The highest BCUT2D eigenvalue weighted by molar-refractivity contribution is 5.83. The van der Waals surface area contributed by atoms with Crippen molar-refractivity contribution in [2.24, 2.45) is 5.73 Å². The smallest absolute Gasteiger partial charge is 0.244 e. The Bertz CT molecular complexity index is 359. The molecular formula is C13H18N2O. The van der Waals surface area contributed by atoms with E-state index in [1.165, 1.54) is 6.42 Å². The van der Waals surface area contributed by atoms with Gasteiger partial charge >= 0.3 is 0 Å². The zero-order chi connectivity index (χ0) is 11.5. The van der Waals surface area contributed by atoms with Crippen LogP contribution in [-0.4, -0.2) is 23.9 Å². The maximum absolute atomic E-state index is 12.1. The lowest BCUT2D eigenvalue weighted by molar-refractivity contribution is -0.135. The van der Waals surface area contributed by atoms with E-state index in [-0.39, 0.29) is 5.91 Å². The van der Waals surface area contributed by atoms with Crippen LogP contribution in [0.3, 0.4) is 0 Å². The molecule has 0 unspecified atom stereocenters. The van der Waals surface area contributed by atoms with Crippen molar-refractivity contribution >= 4 is 5.91 Å². The summed E-state index contributed by atoms with van der Waals surface area (Å²) in [6.07, 6.45) is 3.45. The highest BCUT2D eigenvalue weighted by atomic mass is 16.2. The average molecular weight is 218 g/mol. The molecule has 0 radical (unpaired) electrons. The second-order valence-electron chi connectivity index (χ2n) is 4.42. The Hall–Kier alpha value is -1.35. The summed E-state index contributed by atoms with van der Waals surface area (Å²) in [7, 11) is 1.86. The molecule has 1 aromatic rings. The summed E-state index contributed by atoms with van der Waals surface area (Å²) in [5.74, 6) is 0.0240. The van der Waals surface area contributed by atoms with E-state index < -0.39 is 6.04 Å². The Morgan fingerprint density at radius 1 is 1.38 bits per heavy atom. The lowest BCUT2D eigenvalue weighted by atomic mass is 9.91. The van der Waals surface area contributed by atoms with Gasteiger partial charge in [0.15, 0.2) is 0 Å². The summed E-state index contributed by atoms with van der Waals surface area (Å²) in [6, 6.07) is 9.43. The van der Waals surface area contributed by atoms with Gasteiger partial charge in [-0.25, -0.2) is 0 Å². The molecule has 86 valence electrons. The third kappa shape index (κ3) is 2.09. The molecule has 16 heavy (non-hydrogen) atoms. The second-order valence-corrected chi connectivity index (χ2v) is 4.42. The molecular weight excluding hydrogens is 200 g/mol. The largest absolute Gasteiger partial charge is 0.341 e. The van der Waals surface area contributed by atoms with E-state index in [1.807, 2.05) is 37.4 Å². The fourth-order valence-electron chi connectivity index (χ4n) is 1.98. The van der Waals surface area contributed by atoms with Crippen LogP contribution in [0, 0.1) is 0 Å². The van der Waals surface area contributed by atoms with Crippen molar-refractivity contribution in [1.29, 1.82) is 0 Å². The normalized spacial score (nSPS) is 17.6. The molecule has 2 rings (SSSR count). The molecule has 0 spiro atoms. The van der Waals surface area contributed by atoms with Crippen molar-refractivity contribution in [2.45, 2.75) is 31.3 Å². The standard InChI is InChI=1S/C13H18N2O/c1-15(11-8-5-9-11)13(16)12(14)10-6-3-2-4-7-10/h2-4,6-7,11-12H,5,8-9,14H2,1H3/t12-/m0/s1. The van der Waals surface area contributed by atoms with Crippen LogP contribution in [0.2, 0.25) is 0 Å². The van der Waals surface area contributed by atoms with Crippen molar-refractivity contribution in [3.8, 4) is 0 Å². The molecule has 1 atom stereocenters. The van der Waals surface area contributed by atoms with Crippen LogP contribution >= 0.6 is 0 Å². The van der Waals surface area contributed by atoms with E-state index >= 15 is 0 Å². The molecule has 0 heterocycles. The minimum Gasteiger partial charge on any atom is -0.341 e. The van der Waals surface area contributed by atoms with Gasteiger partial charge in [0, 0.05) is 13.1 Å². The van der Waals surface area contributed by atoms with Crippen molar-refractivity contribution in [1.82, 2.24) is 4.90 Å². The number of nitrogens with two attached hydrogens (primary N) is 1. The summed E-state index contributed by atoms with van der Waals surface area (Å²) in [4.78, 5) is 13.9. The monoisotopic (exact) mass is 218 g/mol. The number of benzene rings is 1. The fraction of sp³-hybridized carbons (Fsp3) is 0.462. The number of hydrogen-bond donors (Lipinski definition) is 1. The van der Waals surface area contributed by atoms with Crippen molar-refractivity contribution < 1.29 is 4.79 Å². The molecule has 1 saturated carbocycles. The molecule has 3 heteroatoms. The summed E-state index contributed by atoms with van der Waals surface area (Å²) in [5, 5.41) is 0. The van der Waals surface area contributed by atoms with Crippen LogP contribution in [0.4, 0.5) is 0 Å². The Kier molecular flexibility index (Phi) is 3.25. The SMILES string of the molecule is CN(C(=O)[C@@H](N)c1ccccc1)C1CCC1. The zero-order valence-electron chi connectivity index (χ0n) is 9.60. The van der Waals surface area contributed by atoms with E-state index in [2.05, 4.69) is 0 Å². The maximum Gasteiger partial charge on any atom is 0.244 e. The lowest BCUT2D eigenvalue weighted by Gasteiger charge is -2.36. The summed E-state index contributed by atoms with van der Waals surface area (Å²) in [6.45, 7) is 0. The molecule has 0 aliphatic heterocycles. The van der Waals surface area contributed by atoms with E-state index in [0.29, 0.717) is 6.04 Å². The van der Waals surface area contributed by atoms with Crippen molar-refractivity contribution in [3.63, 3.8) is 0 Å². The van der Waals surface area contributed by atoms with E-state index in [4.69, 9.17) is 5.73 Å². The first-order chi connectivity index (χ1) is 7.70. The van der Waals surface area contributed by atoms with Gasteiger partial charge in [-0.15, -0.1) is 0 Å². The highest BCUT2D eigenvalue weighted by Crippen LogP contribution is 2.25. The molecule has 2 N–H and O–H groups in total. The minimum atomic E-state index is -0.521. The number of rotatable bonds is 3. The quantitative estimate of drug-likeness (QED) is 0.839. The Morgan fingerprint density at radius 2 is 2.00 bits per heavy atom. The van der Waals surface area contributed by atoms with Gasteiger partial charge < -0.3 is 10.6 Å². The second kappa shape index (κ2) is 4.66. The van der Waals surface area contributed by atoms with Crippen LogP contribution < -0.4 is 5.73 Å². The molecule has 1 aliphatic rings. The van der Waals surface area contributed by atoms with Gasteiger partial charge in [-0.2, -0.15) is 0 Å². The first kappa shape index (κ1) is 11.1. The van der Waals surface area contributed by atoms with E-state index in [1.54, 1.807) is 4.90 Å². The van der Waals surface area contributed by atoms with Crippen LogP contribution in [0.25, 0.3) is 0 Å². The first-order valence-electron chi connectivity index (χ1n) is 5.77. The maximum atomic E-state index is 12.1. The van der Waals surface area contributed by atoms with Crippen molar-refractivity contribution in [3.05, 3.63) is 35.9 Å². The highest BCUT2D eigenvalue weighted by Gasteiger charge is 2.29. The molecule has 0 bridgehead atoms. The van der Waals surface area contributed by atoms with E-state index in [9.17, 15) is 4.79 Å². The number of likely N-dealkylation sites (N-methyl/N-ethyl adjacent to an activating group) is 1. The number of carbonyl (C=O) groups excluding carboxylic acids is 1. The predicted octanol–water partition coefficient (Wildman–Crippen LogP) is 1.70. The summed E-state index contributed by atoms with van der Waals surface area (Å²) >= 11 is 0. The minimum absolute atomic E-state index is 0.0240. The van der Waals surface area contributed by atoms with Crippen LogP contribution in [0.5, 0.6) is 0 Å². The number of carbonyl (C=O) groups is 1.